The number of hydrogen-bond donors (Lipinski definition) is 1. The number of esters is 1. The summed E-state index contributed by atoms with van der Waals surface area (Å²) in [5, 5.41) is 5.82. The molecule has 0 saturated carbocycles. The van der Waals surface area contributed by atoms with Crippen LogP contribution in [0.25, 0.3) is 21.0 Å². The minimum Gasteiger partial charge on any atom is -0.453 e. The van der Waals surface area contributed by atoms with Gasteiger partial charge < -0.3 is 10.1 Å². The van der Waals surface area contributed by atoms with Crippen LogP contribution in [0.2, 0.25) is 0 Å². The number of benzene rings is 3. The molecule has 0 aliphatic rings. The van der Waals surface area contributed by atoms with E-state index in [2.05, 4.69) is 10.3 Å². The topological polar surface area (TPSA) is 68.3 Å². The van der Waals surface area contributed by atoms with Crippen LogP contribution in [0.15, 0.2) is 66.7 Å². The molecule has 0 aliphatic carbocycles. The van der Waals surface area contributed by atoms with E-state index in [4.69, 9.17) is 4.74 Å². The molecule has 1 amide bonds. The van der Waals surface area contributed by atoms with Gasteiger partial charge in [-0.05, 0) is 42.0 Å². The number of ether oxygens (including phenoxy) is 1. The molecule has 0 radical (unpaired) electrons. The summed E-state index contributed by atoms with van der Waals surface area (Å²) in [5.41, 5.74) is 1.61. The van der Waals surface area contributed by atoms with Crippen molar-refractivity contribution in [1.82, 2.24) is 4.98 Å². The molecule has 0 spiro atoms. The van der Waals surface area contributed by atoms with Crippen molar-refractivity contribution >= 4 is 49.9 Å². The first-order valence-electron chi connectivity index (χ1n) is 9.42. The highest BCUT2D eigenvalue weighted by atomic mass is 32.1. The number of hydrogen-bond acceptors (Lipinski definition) is 5. The maximum atomic E-state index is 12.4. The summed E-state index contributed by atoms with van der Waals surface area (Å²) in [7, 11) is 0. The fourth-order valence-electron chi connectivity index (χ4n) is 3.06. The first-order chi connectivity index (χ1) is 14.1. The van der Waals surface area contributed by atoms with Gasteiger partial charge >= 0.3 is 5.97 Å². The zero-order chi connectivity index (χ0) is 20.2. The molecule has 5 nitrogen and oxygen atoms in total. The second-order valence-electron chi connectivity index (χ2n) is 6.76. The molecule has 4 rings (SSSR count). The minimum atomic E-state index is -0.871. The van der Waals surface area contributed by atoms with Crippen LogP contribution < -0.4 is 5.32 Å². The van der Waals surface area contributed by atoms with Crippen LogP contribution in [0.3, 0.4) is 0 Å². The molecule has 1 atom stereocenters. The Morgan fingerprint density at radius 1 is 1.03 bits per heavy atom. The van der Waals surface area contributed by atoms with Crippen molar-refractivity contribution in [2.24, 2.45) is 0 Å². The Kier molecular flexibility index (Phi) is 5.53. The second-order valence-corrected chi connectivity index (χ2v) is 7.87. The molecule has 1 heterocycles. The van der Waals surface area contributed by atoms with Crippen LogP contribution in [-0.4, -0.2) is 23.0 Å². The number of fused-ring (bicyclic) bond motifs is 2. The van der Waals surface area contributed by atoms with Gasteiger partial charge in [-0.15, -0.1) is 11.3 Å². The summed E-state index contributed by atoms with van der Waals surface area (Å²) in [5.74, 6) is -0.765. The van der Waals surface area contributed by atoms with Gasteiger partial charge in [0.2, 0.25) is 0 Å². The second kappa shape index (κ2) is 8.41. The van der Waals surface area contributed by atoms with Gasteiger partial charge in [-0.25, -0.2) is 4.98 Å². The van der Waals surface area contributed by atoms with E-state index in [0.717, 1.165) is 26.0 Å². The summed E-state index contributed by atoms with van der Waals surface area (Å²) in [4.78, 5) is 29.0. The highest BCUT2D eigenvalue weighted by molar-refractivity contribution is 7.18. The van der Waals surface area contributed by atoms with E-state index in [1.54, 1.807) is 18.3 Å². The predicted octanol–water partition coefficient (Wildman–Crippen LogP) is 4.95. The molecule has 3 aromatic carbocycles. The Hall–Kier alpha value is -3.25. The average molecular weight is 404 g/mol. The number of carbonyl (C=O) groups is 2. The van der Waals surface area contributed by atoms with Crippen LogP contribution in [0.4, 0.5) is 5.69 Å². The number of anilines is 1. The third kappa shape index (κ3) is 4.60. The quantitative estimate of drug-likeness (QED) is 0.462. The third-order valence-corrected chi connectivity index (χ3v) is 5.67. The fraction of sp³-hybridized carbons (Fsp3) is 0.174. The van der Waals surface area contributed by atoms with Crippen molar-refractivity contribution in [2.45, 2.75) is 25.9 Å². The highest BCUT2D eigenvalue weighted by Gasteiger charge is 2.18. The van der Waals surface area contributed by atoms with Crippen molar-refractivity contribution < 1.29 is 14.3 Å². The molecule has 1 N–H and O–H groups in total. The highest BCUT2D eigenvalue weighted by Crippen LogP contribution is 2.23. The molecule has 0 saturated heterocycles. The molecule has 146 valence electrons. The summed E-state index contributed by atoms with van der Waals surface area (Å²) >= 11 is 1.57. The molecule has 0 unspecified atom stereocenters. The zero-order valence-electron chi connectivity index (χ0n) is 15.9. The molecule has 0 aliphatic heterocycles. The number of para-hydroxylation sites is 1. The molecular formula is C23H20N2O3S. The normalized spacial score (nSPS) is 12.0. The van der Waals surface area contributed by atoms with Crippen LogP contribution in [0, 0.1) is 0 Å². The Morgan fingerprint density at radius 2 is 1.79 bits per heavy atom. The first-order valence-corrected chi connectivity index (χ1v) is 10.2. The van der Waals surface area contributed by atoms with Crippen molar-refractivity contribution in [3.63, 3.8) is 0 Å². The molecule has 29 heavy (non-hydrogen) atoms. The number of nitrogens with zero attached hydrogens (tertiary/aromatic N) is 1. The van der Waals surface area contributed by atoms with Crippen LogP contribution in [0.5, 0.6) is 0 Å². The number of carbonyl (C=O) groups excluding carboxylic acids is 2. The number of rotatable bonds is 6. The Balaban J connectivity index is 1.30. The molecule has 6 heteroatoms. The van der Waals surface area contributed by atoms with Gasteiger partial charge in [0.05, 0.1) is 21.6 Å². The van der Waals surface area contributed by atoms with Gasteiger partial charge in [-0.3, -0.25) is 9.59 Å². The first kappa shape index (κ1) is 19.1. The van der Waals surface area contributed by atoms with E-state index in [9.17, 15) is 9.59 Å². The van der Waals surface area contributed by atoms with E-state index in [-0.39, 0.29) is 12.3 Å². The van der Waals surface area contributed by atoms with Crippen LogP contribution >= 0.6 is 11.3 Å². The van der Waals surface area contributed by atoms with E-state index in [0.29, 0.717) is 12.1 Å². The third-order valence-electron chi connectivity index (χ3n) is 4.58. The van der Waals surface area contributed by atoms with Gasteiger partial charge in [0, 0.05) is 12.1 Å². The van der Waals surface area contributed by atoms with Gasteiger partial charge in [0.25, 0.3) is 5.91 Å². The van der Waals surface area contributed by atoms with Gasteiger partial charge in [-0.2, -0.15) is 0 Å². The van der Waals surface area contributed by atoms with Crippen LogP contribution in [-0.2, 0) is 20.7 Å². The smallest absolute Gasteiger partial charge is 0.306 e. The summed E-state index contributed by atoms with van der Waals surface area (Å²) in [6.45, 7) is 1.58. The maximum Gasteiger partial charge on any atom is 0.306 e. The molecular weight excluding hydrogens is 384 g/mol. The monoisotopic (exact) mass is 404 g/mol. The maximum absolute atomic E-state index is 12.4. The molecule has 1 aromatic heterocycles. The molecule has 4 aromatic rings. The van der Waals surface area contributed by atoms with Crippen molar-refractivity contribution in [2.75, 3.05) is 5.32 Å². The Bertz CT molecular complexity index is 1150. The summed E-state index contributed by atoms with van der Waals surface area (Å²) in [6.07, 6.45) is -0.186. The van der Waals surface area contributed by atoms with E-state index < -0.39 is 12.1 Å². The fourth-order valence-corrected chi connectivity index (χ4v) is 4.02. The lowest BCUT2D eigenvalue weighted by Crippen LogP contribution is -2.30. The average Bonchev–Trinajstić information content (AvgIpc) is 3.15. The van der Waals surface area contributed by atoms with Crippen molar-refractivity contribution in [3.05, 3.63) is 71.7 Å². The number of thiazole rings is 1. The van der Waals surface area contributed by atoms with Gasteiger partial charge in [-0.1, -0.05) is 42.5 Å². The van der Waals surface area contributed by atoms with E-state index >= 15 is 0 Å². The van der Waals surface area contributed by atoms with E-state index in [1.807, 2.05) is 66.7 Å². The van der Waals surface area contributed by atoms with Gasteiger partial charge in [0.1, 0.15) is 0 Å². The Labute approximate surface area is 172 Å². The van der Waals surface area contributed by atoms with E-state index in [1.165, 1.54) is 0 Å². The number of aryl methyl sites for hydroxylation is 1. The van der Waals surface area contributed by atoms with Crippen LogP contribution in [0.1, 0.15) is 18.4 Å². The lowest BCUT2D eigenvalue weighted by Gasteiger charge is -2.13. The van der Waals surface area contributed by atoms with Crippen molar-refractivity contribution in [1.29, 1.82) is 0 Å². The van der Waals surface area contributed by atoms with Gasteiger partial charge in [0.15, 0.2) is 6.10 Å². The number of nitrogens with one attached hydrogen (secondary N) is 1. The minimum absolute atomic E-state index is 0.188. The number of amides is 1. The lowest BCUT2D eigenvalue weighted by atomic mass is 10.1. The summed E-state index contributed by atoms with van der Waals surface area (Å²) < 4.78 is 6.39. The largest absolute Gasteiger partial charge is 0.453 e. The zero-order valence-corrected chi connectivity index (χ0v) is 16.7. The summed E-state index contributed by atoms with van der Waals surface area (Å²) in [6, 6.07) is 21.5. The lowest BCUT2D eigenvalue weighted by molar-refractivity contribution is -0.153. The van der Waals surface area contributed by atoms with Crippen molar-refractivity contribution in [3.8, 4) is 0 Å². The molecule has 0 fully saturated rings. The predicted molar refractivity (Wildman–Crippen MR) is 116 cm³/mol. The molecule has 0 bridgehead atoms. The number of aromatic nitrogens is 1. The SMILES string of the molecule is C[C@H](OC(=O)CCc1nc2ccccc2s1)C(=O)Nc1ccc2ccccc2c1. The standard InChI is InChI=1S/C23H20N2O3S/c1-15(23(27)24-18-11-10-16-6-2-3-7-17(16)14-18)28-22(26)13-12-21-25-19-8-4-5-9-20(19)29-21/h2-11,14-15H,12-13H2,1H3,(H,24,27)/t15-/m0/s1. The Morgan fingerprint density at radius 3 is 2.62 bits per heavy atom.